The number of likely N-dealkylation sites (tertiary alicyclic amines) is 2. The Morgan fingerprint density at radius 1 is 1.07 bits per heavy atom. The van der Waals surface area contributed by atoms with Crippen molar-refractivity contribution in [3.8, 4) is 0 Å². The molecular formula is C23H33N3O3. The summed E-state index contributed by atoms with van der Waals surface area (Å²) in [5, 5.41) is 0. The van der Waals surface area contributed by atoms with Gasteiger partial charge >= 0.3 is 6.09 Å². The van der Waals surface area contributed by atoms with Gasteiger partial charge in [-0.1, -0.05) is 12.1 Å². The summed E-state index contributed by atoms with van der Waals surface area (Å²) in [5.41, 5.74) is 3.51. The number of hydrogen-bond acceptors (Lipinski definition) is 4. The lowest BCUT2D eigenvalue weighted by Crippen LogP contribution is -2.52. The van der Waals surface area contributed by atoms with Crippen LogP contribution in [0.3, 0.4) is 0 Å². The Labute approximate surface area is 173 Å². The maximum Gasteiger partial charge on any atom is 0.409 e. The number of carbonyl (C=O) groups excluding carboxylic acids is 2. The molecule has 0 N–H and O–H groups in total. The lowest BCUT2D eigenvalue weighted by molar-refractivity contribution is -0.119. The van der Waals surface area contributed by atoms with E-state index in [2.05, 4.69) is 34.9 Å². The van der Waals surface area contributed by atoms with E-state index in [4.69, 9.17) is 4.74 Å². The average molecular weight is 400 g/mol. The number of aryl methyl sites for hydroxylation is 1. The highest BCUT2D eigenvalue weighted by Crippen LogP contribution is 2.40. The molecule has 2 saturated heterocycles. The molecule has 0 saturated carbocycles. The molecule has 0 bridgehead atoms. The smallest absolute Gasteiger partial charge is 0.409 e. The first kappa shape index (κ1) is 20.2. The topological polar surface area (TPSA) is 53.1 Å². The van der Waals surface area contributed by atoms with Gasteiger partial charge in [-0.25, -0.2) is 4.79 Å². The summed E-state index contributed by atoms with van der Waals surface area (Å²) in [4.78, 5) is 31.4. The molecule has 3 aliphatic rings. The number of benzene rings is 1. The second kappa shape index (κ2) is 8.34. The summed E-state index contributed by atoms with van der Waals surface area (Å²) >= 11 is 0. The van der Waals surface area contributed by atoms with Gasteiger partial charge in [-0.3, -0.25) is 4.79 Å². The summed E-state index contributed by atoms with van der Waals surface area (Å²) < 4.78 is 5.12. The molecule has 2 fully saturated rings. The van der Waals surface area contributed by atoms with Gasteiger partial charge in [0.15, 0.2) is 0 Å². The first-order chi connectivity index (χ1) is 14.0. The SMILES string of the molecule is CCOC(=O)N1CCC(N2CCC(N3C(=O)C(C)c4ccc(C)cc43)CC2)CC1. The average Bonchev–Trinajstić information content (AvgIpc) is 2.98. The Balaban J connectivity index is 1.34. The Bertz CT molecular complexity index is 765. The van der Waals surface area contributed by atoms with Crippen molar-refractivity contribution in [3.63, 3.8) is 0 Å². The number of carbonyl (C=O) groups is 2. The van der Waals surface area contributed by atoms with Crippen LogP contribution in [-0.2, 0) is 9.53 Å². The minimum Gasteiger partial charge on any atom is -0.450 e. The third kappa shape index (κ3) is 3.87. The molecule has 1 atom stereocenters. The summed E-state index contributed by atoms with van der Waals surface area (Å²) in [6.45, 7) is 10.0. The Morgan fingerprint density at radius 2 is 1.72 bits per heavy atom. The van der Waals surface area contributed by atoms with Crippen LogP contribution in [0.15, 0.2) is 18.2 Å². The van der Waals surface area contributed by atoms with Crippen LogP contribution in [0.4, 0.5) is 10.5 Å². The van der Waals surface area contributed by atoms with Crippen molar-refractivity contribution in [1.29, 1.82) is 0 Å². The normalized spacial score (nSPS) is 24.1. The molecule has 6 heteroatoms. The zero-order chi connectivity index (χ0) is 20.5. The largest absolute Gasteiger partial charge is 0.450 e. The summed E-state index contributed by atoms with van der Waals surface area (Å²) in [7, 11) is 0. The van der Waals surface area contributed by atoms with E-state index in [1.54, 1.807) is 0 Å². The third-order valence-electron chi connectivity index (χ3n) is 6.89. The maximum absolute atomic E-state index is 13.0. The first-order valence-electron chi connectivity index (χ1n) is 11.1. The predicted molar refractivity (Wildman–Crippen MR) is 113 cm³/mol. The molecular weight excluding hydrogens is 366 g/mol. The standard InChI is InChI=1S/C23H33N3O3/c1-4-29-23(28)25-13-7-18(8-14-25)24-11-9-19(10-12-24)26-21-15-16(2)5-6-20(21)17(3)22(26)27/h5-6,15,17-19H,4,7-14H2,1-3H3. The maximum atomic E-state index is 13.0. The van der Waals surface area contributed by atoms with E-state index in [-0.39, 0.29) is 17.9 Å². The number of amides is 2. The molecule has 0 aliphatic carbocycles. The van der Waals surface area contributed by atoms with Crippen LogP contribution in [-0.4, -0.2) is 66.7 Å². The number of nitrogens with zero attached hydrogens (tertiary/aromatic N) is 3. The third-order valence-corrected chi connectivity index (χ3v) is 6.89. The molecule has 0 spiro atoms. The number of ether oxygens (including phenoxy) is 1. The molecule has 1 aromatic carbocycles. The van der Waals surface area contributed by atoms with Crippen LogP contribution < -0.4 is 4.90 Å². The zero-order valence-electron chi connectivity index (χ0n) is 17.9. The highest BCUT2D eigenvalue weighted by molar-refractivity contribution is 6.05. The Hall–Kier alpha value is -2.08. The molecule has 2 amide bonds. The van der Waals surface area contributed by atoms with Crippen molar-refractivity contribution in [3.05, 3.63) is 29.3 Å². The van der Waals surface area contributed by atoms with Crippen molar-refractivity contribution in [1.82, 2.24) is 9.80 Å². The second-order valence-electron chi connectivity index (χ2n) is 8.68. The quantitative estimate of drug-likeness (QED) is 0.780. The highest BCUT2D eigenvalue weighted by Gasteiger charge is 2.40. The zero-order valence-corrected chi connectivity index (χ0v) is 17.9. The van der Waals surface area contributed by atoms with Gasteiger partial charge in [0.1, 0.15) is 0 Å². The Kier molecular flexibility index (Phi) is 5.81. The lowest BCUT2D eigenvalue weighted by atomic mass is 9.97. The van der Waals surface area contributed by atoms with E-state index < -0.39 is 0 Å². The van der Waals surface area contributed by atoms with Gasteiger partial charge in [0.25, 0.3) is 0 Å². The van der Waals surface area contributed by atoms with Gasteiger partial charge in [-0.2, -0.15) is 0 Å². The molecule has 0 radical (unpaired) electrons. The Morgan fingerprint density at radius 3 is 2.38 bits per heavy atom. The van der Waals surface area contributed by atoms with Crippen LogP contribution in [0.1, 0.15) is 56.6 Å². The summed E-state index contributed by atoms with van der Waals surface area (Å²) in [6, 6.07) is 7.24. The van der Waals surface area contributed by atoms with Crippen LogP contribution in [0.5, 0.6) is 0 Å². The van der Waals surface area contributed by atoms with Crippen LogP contribution in [0.2, 0.25) is 0 Å². The molecule has 6 nitrogen and oxygen atoms in total. The van der Waals surface area contributed by atoms with Crippen LogP contribution in [0.25, 0.3) is 0 Å². The van der Waals surface area contributed by atoms with Gasteiger partial charge in [-0.15, -0.1) is 0 Å². The number of fused-ring (bicyclic) bond motifs is 1. The molecule has 3 heterocycles. The first-order valence-corrected chi connectivity index (χ1v) is 11.1. The fraction of sp³-hybridized carbons (Fsp3) is 0.652. The van der Waals surface area contributed by atoms with Gasteiger partial charge in [-0.05, 0) is 63.6 Å². The van der Waals surface area contributed by atoms with E-state index in [0.29, 0.717) is 18.7 Å². The lowest BCUT2D eigenvalue weighted by Gasteiger charge is -2.43. The molecule has 0 aromatic heterocycles. The summed E-state index contributed by atoms with van der Waals surface area (Å²) in [6.07, 6.45) is 3.87. The molecule has 1 aromatic rings. The fourth-order valence-corrected chi connectivity index (χ4v) is 5.20. The van der Waals surface area contributed by atoms with Crippen molar-refractivity contribution in [2.45, 2.75) is 64.5 Å². The number of hydrogen-bond donors (Lipinski definition) is 0. The molecule has 158 valence electrons. The van der Waals surface area contributed by atoms with E-state index >= 15 is 0 Å². The van der Waals surface area contributed by atoms with Crippen molar-refractivity contribution in [2.75, 3.05) is 37.7 Å². The molecule has 29 heavy (non-hydrogen) atoms. The monoisotopic (exact) mass is 399 g/mol. The van der Waals surface area contributed by atoms with Crippen molar-refractivity contribution >= 4 is 17.7 Å². The minimum atomic E-state index is -0.180. The van der Waals surface area contributed by atoms with Gasteiger partial charge in [0.2, 0.25) is 5.91 Å². The van der Waals surface area contributed by atoms with E-state index in [1.165, 1.54) is 11.1 Å². The number of anilines is 1. The second-order valence-corrected chi connectivity index (χ2v) is 8.68. The van der Waals surface area contributed by atoms with Crippen LogP contribution >= 0.6 is 0 Å². The van der Waals surface area contributed by atoms with Crippen LogP contribution in [0, 0.1) is 6.92 Å². The molecule has 3 aliphatic heterocycles. The van der Waals surface area contributed by atoms with E-state index in [0.717, 1.165) is 57.5 Å². The van der Waals surface area contributed by atoms with Crippen molar-refractivity contribution in [2.24, 2.45) is 0 Å². The van der Waals surface area contributed by atoms with Gasteiger partial charge in [0.05, 0.1) is 12.5 Å². The van der Waals surface area contributed by atoms with Crippen molar-refractivity contribution < 1.29 is 14.3 Å². The fourth-order valence-electron chi connectivity index (χ4n) is 5.20. The number of piperidine rings is 2. The molecule has 1 unspecified atom stereocenters. The minimum absolute atomic E-state index is 0.0316. The van der Waals surface area contributed by atoms with E-state index in [9.17, 15) is 9.59 Å². The highest BCUT2D eigenvalue weighted by atomic mass is 16.6. The van der Waals surface area contributed by atoms with Gasteiger partial charge < -0.3 is 19.4 Å². The molecule has 4 rings (SSSR count). The van der Waals surface area contributed by atoms with E-state index in [1.807, 2.05) is 18.7 Å². The summed E-state index contributed by atoms with van der Waals surface area (Å²) in [5.74, 6) is 0.225. The number of rotatable bonds is 3. The van der Waals surface area contributed by atoms with Gasteiger partial charge in [0, 0.05) is 44.0 Å². The predicted octanol–water partition coefficient (Wildman–Crippen LogP) is 3.53.